The number of aryl methyl sites for hydroxylation is 1. The van der Waals surface area contributed by atoms with Gasteiger partial charge >= 0.3 is 0 Å². The van der Waals surface area contributed by atoms with Crippen molar-refractivity contribution in [3.05, 3.63) is 28.2 Å². The smallest absolute Gasteiger partial charge is 0.232 e. The van der Waals surface area contributed by atoms with Crippen LogP contribution >= 0.6 is 26.6 Å². The van der Waals surface area contributed by atoms with Crippen molar-refractivity contribution >= 4 is 35.7 Å². The summed E-state index contributed by atoms with van der Waals surface area (Å²) in [6, 6.07) is 5.83. The van der Waals surface area contributed by atoms with Crippen LogP contribution in [0.4, 0.5) is 0 Å². The highest BCUT2D eigenvalue weighted by atomic mass is 79.9. The van der Waals surface area contributed by atoms with Crippen LogP contribution in [0.15, 0.2) is 22.7 Å². The van der Waals surface area contributed by atoms with Gasteiger partial charge in [-0.1, -0.05) is 22.9 Å². The van der Waals surface area contributed by atoms with Crippen molar-refractivity contribution < 1.29 is 13.2 Å². The van der Waals surface area contributed by atoms with Crippen LogP contribution in [0.2, 0.25) is 0 Å². The van der Waals surface area contributed by atoms with Crippen molar-refractivity contribution in [3.63, 3.8) is 0 Å². The maximum Gasteiger partial charge on any atom is 0.232 e. The number of ether oxygens (including phenoxy) is 1. The van der Waals surface area contributed by atoms with Crippen LogP contribution in [0.3, 0.4) is 0 Å². The van der Waals surface area contributed by atoms with Crippen LogP contribution in [0.5, 0.6) is 5.75 Å². The molecule has 0 amide bonds. The first kappa shape index (κ1) is 16.8. The number of hydrogen-bond donors (Lipinski definition) is 0. The fourth-order valence-corrected chi connectivity index (χ4v) is 2.77. The van der Waals surface area contributed by atoms with E-state index in [9.17, 15) is 8.42 Å². The molecule has 0 aliphatic rings. The molecule has 0 bridgehead atoms. The van der Waals surface area contributed by atoms with E-state index in [1.54, 1.807) is 0 Å². The minimum absolute atomic E-state index is 0.0209. The molecule has 6 heteroatoms. The lowest BCUT2D eigenvalue weighted by Crippen LogP contribution is -2.08. The van der Waals surface area contributed by atoms with E-state index in [4.69, 9.17) is 15.4 Å². The summed E-state index contributed by atoms with van der Waals surface area (Å²) in [7, 11) is 1.80. The van der Waals surface area contributed by atoms with E-state index < -0.39 is 9.05 Å². The Hall–Kier alpha value is -0.260. The van der Waals surface area contributed by atoms with Gasteiger partial charge in [0.05, 0.1) is 12.4 Å². The average molecular weight is 370 g/mol. The van der Waals surface area contributed by atoms with Gasteiger partial charge in [0.2, 0.25) is 9.05 Å². The first-order chi connectivity index (χ1) is 8.78. The molecule has 1 aromatic carbocycles. The molecule has 0 saturated carbocycles. The zero-order valence-corrected chi connectivity index (χ0v) is 14.2. The highest BCUT2D eigenvalue weighted by Gasteiger charge is 2.10. The standard InChI is InChI=1S/C13H18BrClO3S/c1-10(6-8-19(15,16)17)5-7-18-12-3-4-13(14)11(2)9-12/h3-4,9-10H,5-8H2,1-2H3. The lowest BCUT2D eigenvalue weighted by Gasteiger charge is -2.12. The molecule has 0 aliphatic carbocycles. The fourth-order valence-electron chi connectivity index (χ4n) is 1.57. The van der Waals surface area contributed by atoms with E-state index in [-0.39, 0.29) is 11.7 Å². The molecule has 3 nitrogen and oxygen atoms in total. The molecule has 1 rings (SSSR count). The lowest BCUT2D eigenvalue weighted by molar-refractivity contribution is 0.281. The highest BCUT2D eigenvalue weighted by molar-refractivity contribution is 9.10. The molecule has 0 aliphatic heterocycles. The van der Waals surface area contributed by atoms with Crippen LogP contribution in [0, 0.1) is 12.8 Å². The number of hydrogen-bond acceptors (Lipinski definition) is 3. The normalized spacial score (nSPS) is 13.3. The predicted molar refractivity (Wildman–Crippen MR) is 82.4 cm³/mol. The third-order valence-electron chi connectivity index (χ3n) is 2.86. The van der Waals surface area contributed by atoms with Gasteiger partial charge in [-0.2, -0.15) is 0 Å². The van der Waals surface area contributed by atoms with Crippen LogP contribution in [-0.2, 0) is 9.05 Å². The van der Waals surface area contributed by atoms with Crippen LogP contribution in [0.1, 0.15) is 25.3 Å². The number of benzene rings is 1. The molecule has 0 aromatic heterocycles. The SMILES string of the molecule is Cc1cc(OCCC(C)CCS(=O)(=O)Cl)ccc1Br. The first-order valence-electron chi connectivity index (χ1n) is 6.09. The van der Waals surface area contributed by atoms with Crippen molar-refractivity contribution in [3.8, 4) is 5.75 Å². The summed E-state index contributed by atoms with van der Waals surface area (Å²) >= 11 is 3.43. The molecule has 1 unspecified atom stereocenters. The highest BCUT2D eigenvalue weighted by Crippen LogP contribution is 2.22. The van der Waals surface area contributed by atoms with Crippen LogP contribution in [-0.4, -0.2) is 20.8 Å². The van der Waals surface area contributed by atoms with Gasteiger partial charge in [-0.05, 0) is 49.4 Å². The Morgan fingerprint density at radius 3 is 2.63 bits per heavy atom. The van der Waals surface area contributed by atoms with E-state index in [2.05, 4.69) is 15.9 Å². The Bertz CT molecular complexity index is 517. The Morgan fingerprint density at radius 1 is 1.37 bits per heavy atom. The Balaban J connectivity index is 2.31. The van der Waals surface area contributed by atoms with Gasteiger partial charge in [0, 0.05) is 15.2 Å². The Labute approximate surface area is 127 Å². The molecule has 108 valence electrons. The van der Waals surface area contributed by atoms with E-state index in [1.807, 2.05) is 32.0 Å². The van der Waals surface area contributed by atoms with Gasteiger partial charge in [0.15, 0.2) is 0 Å². The molecule has 0 heterocycles. The van der Waals surface area contributed by atoms with Gasteiger partial charge in [0.25, 0.3) is 0 Å². The quantitative estimate of drug-likeness (QED) is 0.679. The number of rotatable bonds is 7. The zero-order valence-electron chi connectivity index (χ0n) is 11.0. The summed E-state index contributed by atoms with van der Waals surface area (Å²) in [4.78, 5) is 0. The van der Waals surface area contributed by atoms with Crippen LogP contribution in [0.25, 0.3) is 0 Å². The van der Waals surface area contributed by atoms with Crippen LogP contribution < -0.4 is 4.74 Å². The van der Waals surface area contributed by atoms with Crippen molar-refractivity contribution in [2.24, 2.45) is 5.92 Å². The molecule has 0 saturated heterocycles. The van der Waals surface area contributed by atoms with E-state index in [0.29, 0.717) is 13.0 Å². The Morgan fingerprint density at radius 2 is 2.05 bits per heavy atom. The molecule has 0 radical (unpaired) electrons. The maximum atomic E-state index is 10.8. The van der Waals surface area contributed by atoms with Crippen molar-refractivity contribution in [1.82, 2.24) is 0 Å². The topological polar surface area (TPSA) is 43.4 Å². The molecule has 1 atom stereocenters. The Kier molecular flexibility index (Phi) is 6.63. The lowest BCUT2D eigenvalue weighted by atomic mass is 10.1. The van der Waals surface area contributed by atoms with Crippen molar-refractivity contribution in [2.45, 2.75) is 26.7 Å². The van der Waals surface area contributed by atoms with E-state index in [1.165, 1.54) is 0 Å². The monoisotopic (exact) mass is 368 g/mol. The van der Waals surface area contributed by atoms with E-state index in [0.717, 1.165) is 22.2 Å². The summed E-state index contributed by atoms with van der Waals surface area (Å²) in [5.41, 5.74) is 1.12. The minimum Gasteiger partial charge on any atom is -0.494 e. The molecular formula is C13H18BrClO3S. The second-order valence-electron chi connectivity index (χ2n) is 4.68. The van der Waals surface area contributed by atoms with E-state index >= 15 is 0 Å². The van der Waals surface area contributed by atoms with Crippen molar-refractivity contribution in [2.75, 3.05) is 12.4 Å². The molecule has 0 spiro atoms. The molecule has 0 N–H and O–H groups in total. The molecule has 0 fully saturated rings. The zero-order chi connectivity index (χ0) is 14.5. The summed E-state index contributed by atoms with van der Waals surface area (Å²) < 4.78 is 28.4. The molecular weight excluding hydrogens is 352 g/mol. The predicted octanol–water partition coefficient (Wildman–Crippen LogP) is 4.12. The third kappa shape index (κ3) is 7.18. The van der Waals surface area contributed by atoms with Gasteiger partial charge < -0.3 is 4.74 Å². The first-order valence-corrected chi connectivity index (χ1v) is 9.36. The maximum absolute atomic E-state index is 10.8. The van der Waals surface area contributed by atoms with Gasteiger partial charge in [-0.15, -0.1) is 0 Å². The average Bonchev–Trinajstić information content (AvgIpc) is 2.30. The summed E-state index contributed by atoms with van der Waals surface area (Å²) in [5.74, 6) is 1.12. The summed E-state index contributed by atoms with van der Waals surface area (Å²) in [6.45, 7) is 4.58. The summed E-state index contributed by atoms with van der Waals surface area (Å²) in [6.07, 6.45) is 1.37. The largest absolute Gasteiger partial charge is 0.494 e. The number of halogens is 2. The minimum atomic E-state index is -3.38. The van der Waals surface area contributed by atoms with Gasteiger partial charge in [-0.3, -0.25) is 0 Å². The fraction of sp³-hybridized carbons (Fsp3) is 0.538. The molecule has 1 aromatic rings. The molecule has 19 heavy (non-hydrogen) atoms. The third-order valence-corrected chi connectivity index (χ3v) is 4.94. The second kappa shape index (κ2) is 7.50. The summed E-state index contributed by atoms with van der Waals surface area (Å²) in [5, 5.41) is 0. The van der Waals surface area contributed by atoms with Crippen molar-refractivity contribution in [1.29, 1.82) is 0 Å². The van der Waals surface area contributed by atoms with Gasteiger partial charge in [-0.25, -0.2) is 8.42 Å². The second-order valence-corrected chi connectivity index (χ2v) is 8.44. The van der Waals surface area contributed by atoms with Gasteiger partial charge in [0.1, 0.15) is 5.75 Å².